The second kappa shape index (κ2) is 5.02. The molecule has 4 rings (SSSR count). The Balaban J connectivity index is 1.94. The maximum absolute atomic E-state index is 4.93. The van der Waals surface area contributed by atoms with Crippen molar-refractivity contribution < 1.29 is 0 Å². The summed E-state index contributed by atoms with van der Waals surface area (Å²) in [6.45, 7) is 5.29. The summed E-state index contributed by atoms with van der Waals surface area (Å²) in [6.07, 6.45) is 1.03. The van der Waals surface area contributed by atoms with Gasteiger partial charge in [0.1, 0.15) is 5.82 Å². The van der Waals surface area contributed by atoms with Crippen LogP contribution < -0.4 is 5.32 Å². The van der Waals surface area contributed by atoms with E-state index in [1.54, 1.807) is 0 Å². The number of anilines is 1. The number of hydrogen-bond donors (Lipinski definition) is 1. The summed E-state index contributed by atoms with van der Waals surface area (Å²) in [6, 6.07) is 16.8. The number of fused-ring (bicyclic) bond motifs is 1. The van der Waals surface area contributed by atoms with Gasteiger partial charge in [0.05, 0.1) is 11.4 Å². The van der Waals surface area contributed by atoms with Crippen LogP contribution in [0, 0.1) is 13.8 Å². The monoisotopic (exact) mass is 289 g/mol. The molecule has 22 heavy (non-hydrogen) atoms. The predicted octanol–water partition coefficient (Wildman–Crippen LogP) is 4.12. The Bertz CT molecular complexity index is 831. The smallest absolute Gasteiger partial charge is 0.133 e. The van der Waals surface area contributed by atoms with Gasteiger partial charge in [-0.2, -0.15) is 5.10 Å². The lowest BCUT2D eigenvalue weighted by atomic mass is 10.1. The minimum Gasteiger partial charge on any atom is -0.369 e. The maximum Gasteiger partial charge on any atom is 0.133 e. The first-order chi connectivity index (χ1) is 10.8. The third-order valence-corrected chi connectivity index (χ3v) is 4.50. The number of benzene rings is 2. The van der Waals surface area contributed by atoms with Crippen LogP contribution in [0.1, 0.15) is 16.7 Å². The molecule has 0 aliphatic carbocycles. The molecule has 110 valence electrons. The van der Waals surface area contributed by atoms with Gasteiger partial charge in [0.15, 0.2) is 0 Å². The van der Waals surface area contributed by atoms with E-state index < -0.39 is 0 Å². The lowest BCUT2D eigenvalue weighted by molar-refractivity contribution is 0.873. The van der Waals surface area contributed by atoms with E-state index >= 15 is 0 Å². The van der Waals surface area contributed by atoms with Crippen molar-refractivity contribution in [3.05, 3.63) is 65.2 Å². The van der Waals surface area contributed by atoms with Gasteiger partial charge in [-0.1, -0.05) is 42.5 Å². The number of nitrogens with one attached hydrogen (secondary N) is 1. The van der Waals surface area contributed by atoms with Gasteiger partial charge in [-0.05, 0) is 37.5 Å². The van der Waals surface area contributed by atoms with Crippen molar-refractivity contribution in [1.29, 1.82) is 0 Å². The molecule has 0 saturated carbocycles. The van der Waals surface area contributed by atoms with Crippen molar-refractivity contribution in [2.45, 2.75) is 20.3 Å². The molecule has 2 heterocycles. The lowest BCUT2D eigenvalue weighted by Gasteiger charge is -2.11. The van der Waals surface area contributed by atoms with Crippen molar-refractivity contribution in [1.82, 2.24) is 9.78 Å². The van der Waals surface area contributed by atoms with Gasteiger partial charge in [0, 0.05) is 17.7 Å². The zero-order valence-electron chi connectivity index (χ0n) is 12.9. The number of aromatic nitrogens is 2. The van der Waals surface area contributed by atoms with Crippen LogP contribution in [-0.4, -0.2) is 16.3 Å². The van der Waals surface area contributed by atoms with Gasteiger partial charge in [-0.15, -0.1) is 0 Å². The molecule has 2 aromatic carbocycles. The second-order valence-corrected chi connectivity index (χ2v) is 5.85. The molecule has 3 aromatic rings. The first-order valence-corrected chi connectivity index (χ1v) is 7.73. The fourth-order valence-electron chi connectivity index (χ4n) is 3.14. The molecule has 0 radical (unpaired) electrons. The van der Waals surface area contributed by atoms with Crippen LogP contribution in [0.25, 0.3) is 16.9 Å². The third-order valence-electron chi connectivity index (χ3n) is 4.50. The Hall–Kier alpha value is -2.55. The molecule has 1 N–H and O–H groups in total. The Morgan fingerprint density at radius 2 is 1.82 bits per heavy atom. The topological polar surface area (TPSA) is 29.9 Å². The summed E-state index contributed by atoms with van der Waals surface area (Å²) in [4.78, 5) is 0. The van der Waals surface area contributed by atoms with E-state index in [0.29, 0.717) is 0 Å². The van der Waals surface area contributed by atoms with Crippen molar-refractivity contribution in [2.75, 3.05) is 11.9 Å². The molecule has 3 nitrogen and oxygen atoms in total. The summed E-state index contributed by atoms with van der Waals surface area (Å²) in [5.41, 5.74) is 7.34. The van der Waals surface area contributed by atoms with E-state index in [1.807, 2.05) is 6.07 Å². The highest BCUT2D eigenvalue weighted by atomic mass is 15.3. The average Bonchev–Trinajstić information content (AvgIpc) is 3.13. The summed E-state index contributed by atoms with van der Waals surface area (Å²) in [7, 11) is 0. The second-order valence-electron chi connectivity index (χ2n) is 5.85. The number of nitrogens with zero attached hydrogens (tertiary/aromatic N) is 2. The molecular weight excluding hydrogens is 270 g/mol. The van der Waals surface area contributed by atoms with Crippen LogP contribution in [-0.2, 0) is 6.42 Å². The number of aryl methyl sites for hydroxylation is 1. The minimum atomic E-state index is 0.984. The Morgan fingerprint density at radius 1 is 1.00 bits per heavy atom. The zero-order valence-corrected chi connectivity index (χ0v) is 12.9. The third kappa shape index (κ3) is 1.93. The molecule has 1 aromatic heterocycles. The minimum absolute atomic E-state index is 0.984. The first-order valence-electron chi connectivity index (χ1n) is 7.73. The molecule has 0 saturated heterocycles. The highest BCUT2D eigenvalue weighted by Crippen LogP contribution is 2.35. The predicted molar refractivity (Wildman–Crippen MR) is 90.7 cm³/mol. The summed E-state index contributed by atoms with van der Waals surface area (Å²) in [5, 5.41) is 8.43. The molecule has 0 bridgehead atoms. The Morgan fingerprint density at radius 3 is 2.64 bits per heavy atom. The molecule has 1 aliphatic heterocycles. The fourth-order valence-corrected chi connectivity index (χ4v) is 3.14. The molecule has 0 atom stereocenters. The Kier molecular flexibility index (Phi) is 3.00. The number of rotatable bonds is 2. The zero-order chi connectivity index (χ0) is 15.1. The van der Waals surface area contributed by atoms with Gasteiger partial charge >= 0.3 is 0 Å². The quantitative estimate of drug-likeness (QED) is 0.769. The molecule has 0 unspecified atom stereocenters. The van der Waals surface area contributed by atoms with Crippen molar-refractivity contribution in [3.63, 3.8) is 0 Å². The lowest BCUT2D eigenvalue weighted by Crippen LogP contribution is -2.06. The molecular formula is C19H19N3. The molecule has 0 fully saturated rings. The summed E-state index contributed by atoms with van der Waals surface area (Å²) < 4.78 is 2.08. The van der Waals surface area contributed by atoms with Crippen molar-refractivity contribution in [3.8, 4) is 16.9 Å². The van der Waals surface area contributed by atoms with E-state index in [0.717, 1.165) is 30.2 Å². The van der Waals surface area contributed by atoms with Crippen LogP contribution in [0.4, 0.5) is 5.82 Å². The van der Waals surface area contributed by atoms with Crippen LogP contribution in [0.15, 0.2) is 48.5 Å². The van der Waals surface area contributed by atoms with Gasteiger partial charge in [-0.3, -0.25) is 0 Å². The van der Waals surface area contributed by atoms with E-state index in [9.17, 15) is 0 Å². The summed E-state index contributed by atoms with van der Waals surface area (Å²) >= 11 is 0. The number of hydrogen-bond acceptors (Lipinski definition) is 2. The van der Waals surface area contributed by atoms with E-state index in [4.69, 9.17) is 5.10 Å². The molecule has 3 heteroatoms. The van der Waals surface area contributed by atoms with Crippen molar-refractivity contribution in [2.24, 2.45) is 0 Å². The van der Waals surface area contributed by atoms with E-state index in [1.165, 1.54) is 22.3 Å². The van der Waals surface area contributed by atoms with Gasteiger partial charge in [0.2, 0.25) is 0 Å². The van der Waals surface area contributed by atoms with Gasteiger partial charge < -0.3 is 5.32 Å². The summed E-state index contributed by atoms with van der Waals surface area (Å²) in [5.74, 6) is 1.15. The normalized spacial score (nSPS) is 13.0. The largest absolute Gasteiger partial charge is 0.369 e. The van der Waals surface area contributed by atoms with Crippen LogP contribution in [0.3, 0.4) is 0 Å². The van der Waals surface area contributed by atoms with E-state index in [2.05, 4.69) is 66.3 Å². The maximum atomic E-state index is 4.93. The van der Waals surface area contributed by atoms with Crippen LogP contribution >= 0.6 is 0 Å². The van der Waals surface area contributed by atoms with Crippen molar-refractivity contribution >= 4 is 5.82 Å². The van der Waals surface area contributed by atoms with Crippen LogP contribution in [0.5, 0.6) is 0 Å². The van der Waals surface area contributed by atoms with Gasteiger partial charge in [-0.25, -0.2) is 4.68 Å². The van der Waals surface area contributed by atoms with Gasteiger partial charge in [0.25, 0.3) is 0 Å². The Labute approximate surface area is 130 Å². The molecule has 1 aliphatic rings. The molecule has 0 spiro atoms. The standard InChI is InChI=1S/C19H19N3/c1-13-7-6-10-17(14(13)2)22-19-16(11-12-20-19)18(21-22)15-8-4-3-5-9-15/h3-10,20H,11-12H2,1-2H3. The highest BCUT2D eigenvalue weighted by Gasteiger charge is 2.24. The SMILES string of the molecule is Cc1cccc(-n2nc(-c3ccccc3)c3c2NCC3)c1C. The fraction of sp³-hybridized carbons (Fsp3) is 0.211. The first kappa shape index (κ1) is 13.1. The highest BCUT2D eigenvalue weighted by molar-refractivity contribution is 5.73. The van der Waals surface area contributed by atoms with E-state index in [-0.39, 0.29) is 0 Å². The van der Waals surface area contributed by atoms with Crippen LogP contribution in [0.2, 0.25) is 0 Å². The average molecular weight is 289 g/mol. The molecule has 0 amide bonds.